The molecule has 1 aromatic heterocycles. The number of carbonyl (C=O) groups is 1. The van der Waals surface area contributed by atoms with E-state index in [0.29, 0.717) is 18.7 Å². The SMILES string of the molecule is CCn1cc(Cl)c(C(=O)N(Cc2ccccc2F)C(C)COC)n1. The summed E-state index contributed by atoms with van der Waals surface area (Å²) in [5, 5.41) is 4.50. The van der Waals surface area contributed by atoms with Gasteiger partial charge in [0.25, 0.3) is 5.91 Å². The van der Waals surface area contributed by atoms with Gasteiger partial charge >= 0.3 is 0 Å². The molecule has 0 bridgehead atoms. The zero-order valence-electron chi connectivity index (χ0n) is 14.0. The molecular formula is C17H21ClFN3O2. The highest BCUT2D eigenvalue weighted by Crippen LogP contribution is 2.20. The van der Waals surface area contributed by atoms with Gasteiger partial charge < -0.3 is 9.64 Å². The molecular weight excluding hydrogens is 333 g/mol. The number of nitrogens with zero attached hydrogens (tertiary/aromatic N) is 3. The number of carbonyl (C=O) groups excluding carboxylic acids is 1. The molecule has 0 spiro atoms. The molecule has 1 unspecified atom stereocenters. The molecule has 0 fully saturated rings. The fourth-order valence-electron chi connectivity index (χ4n) is 2.41. The van der Waals surface area contributed by atoms with Crippen LogP contribution in [0.15, 0.2) is 30.5 Å². The van der Waals surface area contributed by atoms with Gasteiger partial charge in [-0.1, -0.05) is 29.8 Å². The molecule has 1 heterocycles. The maximum atomic E-state index is 14.0. The van der Waals surface area contributed by atoms with E-state index in [2.05, 4.69) is 5.10 Å². The Balaban J connectivity index is 2.33. The van der Waals surface area contributed by atoms with Crippen molar-refractivity contribution in [3.63, 3.8) is 0 Å². The summed E-state index contributed by atoms with van der Waals surface area (Å²) in [6.07, 6.45) is 1.61. The van der Waals surface area contributed by atoms with E-state index in [1.54, 1.807) is 36.2 Å². The van der Waals surface area contributed by atoms with Gasteiger partial charge in [0.05, 0.1) is 17.7 Å². The Morgan fingerprint density at radius 1 is 1.46 bits per heavy atom. The van der Waals surface area contributed by atoms with Gasteiger partial charge in [-0.25, -0.2) is 4.39 Å². The summed E-state index contributed by atoms with van der Waals surface area (Å²) in [5.74, 6) is -0.704. The molecule has 1 amide bonds. The normalized spacial score (nSPS) is 12.2. The summed E-state index contributed by atoms with van der Waals surface area (Å²) in [4.78, 5) is 14.4. The van der Waals surface area contributed by atoms with Crippen LogP contribution in [0.5, 0.6) is 0 Å². The first-order valence-corrected chi connectivity index (χ1v) is 8.12. The standard InChI is InChI=1S/C17H21ClFN3O2/c1-4-21-10-14(18)16(20-21)17(23)22(12(2)11-24-3)9-13-7-5-6-8-15(13)19/h5-8,10,12H,4,9,11H2,1-3H3. The van der Waals surface area contributed by atoms with E-state index in [1.807, 2.05) is 13.8 Å². The van der Waals surface area contributed by atoms with E-state index in [0.717, 1.165) is 0 Å². The van der Waals surface area contributed by atoms with Gasteiger partial charge in [-0.05, 0) is 19.9 Å². The highest BCUT2D eigenvalue weighted by Gasteiger charge is 2.27. The molecule has 0 aliphatic rings. The number of rotatable bonds is 7. The summed E-state index contributed by atoms with van der Waals surface area (Å²) < 4.78 is 20.7. The Hall–Kier alpha value is -1.92. The van der Waals surface area contributed by atoms with E-state index >= 15 is 0 Å². The molecule has 2 aromatic rings. The van der Waals surface area contributed by atoms with Crippen molar-refractivity contribution in [2.75, 3.05) is 13.7 Å². The molecule has 0 saturated heterocycles. The largest absolute Gasteiger partial charge is 0.383 e. The third-order valence-electron chi connectivity index (χ3n) is 3.74. The maximum Gasteiger partial charge on any atom is 0.276 e. The van der Waals surface area contributed by atoms with Crippen LogP contribution in [0.1, 0.15) is 29.9 Å². The Labute approximate surface area is 146 Å². The van der Waals surface area contributed by atoms with Crippen molar-refractivity contribution in [2.45, 2.75) is 33.0 Å². The fraction of sp³-hybridized carbons (Fsp3) is 0.412. The Morgan fingerprint density at radius 2 is 2.17 bits per heavy atom. The van der Waals surface area contributed by atoms with Crippen LogP contribution in [0.3, 0.4) is 0 Å². The molecule has 2 rings (SSSR count). The smallest absolute Gasteiger partial charge is 0.276 e. The van der Waals surface area contributed by atoms with Crippen LogP contribution in [0.4, 0.5) is 4.39 Å². The minimum absolute atomic E-state index is 0.116. The van der Waals surface area contributed by atoms with Gasteiger partial charge in [-0.2, -0.15) is 5.10 Å². The van der Waals surface area contributed by atoms with Gasteiger partial charge in [0.1, 0.15) is 5.82 Å². The molecule has 24 heavy (non-hydrogen) atoms. The summed E-state index contributed by atoms with van der Waals surface area (Å²) in [5.41, 5.74) is 0.595. The van der Waals surface area contributed by atoms with E-state index in [9.17, 15) is 9.18 Å². The number of hydrogen-bond acceptors (Lipinski definition) is 3. The minimum atomic E-state index is -0.356. The highest BCUT2D eigenvalue weighted by atomic mass is 35.5. The molecule has 0 saturated carbocycles. The topological polar surface area (TPSA) is 47.4 Å². The number of aromatic nitrogens is 2. The zero-order chi connectivity index (χ0) is 17.7. The first kappa shape index (κ1) is 18.4. The molecule has 1 aromatic carbocycles. The first-order valence-electron chi connectivity index (χ1n) is 7.74. The van der Waals surface area contributed by atoms with Crippen molar-refractivity contribution in [3.05, 3.63) is 52.6 Å². The van der Waals surface area contributed by atoms with Crippen LogP contribution in [0.25, 0.3) is 0 Å². The highest BCUT2D eigenvalue weighted by molar-refractivity contribution is 6.33. The summed E-state index contributed by atoms with van der Waals surface area (Å²) >= 11 is 6.14. The monoisotopic (exact) mass is 353 g/mol. The Kier molecular flexibility index (Phi) is 6.34. The summed E-state index contributed by atoms with van der Waals surface area (Å²) in [6.45, 7) is 4.79. The predicted molar refractivity (Wildman–Crippen MR) is 90.5 cm³/mol. The number of aryl methyl sites for hydroxylation is 1. The third-order valence-corrected chi connectivity index (χ3v) is 4.02. The lowest BCUT2D eigenvalue weighted by atomic mass is 10.1. The number of ether oxygens (including phenoxy) is 1. The lowest BCUT2D eigenvalue weighted by Gasteiger charge is -2.28. The molecule has 0 aliphatic carbocycles. The van der Waals surface area contributed by atoms with E-state index in [4.69, 9.17) is 16.3 Å². The second-order valence-corrected chi connectivity index (χ2v) is 5.92. The molecule has 130 valence electrons. The second-order valence-electron chi connectivity index (χ2n) is 5.51. The molecule has 5 nitrogen and oxygen atoms in total. The van der Waals surface area contributed by atoms with Crippen molar-refractivity contribution >= 4 is 17.5 Å². The molecule has 0 aliphatic heterocycles. The second kappa shape index (κ2) is 8.26. The first-order chi connectivity index (χ1) is 11.5. The van der Waals surface area contributed by atoms with Gasteiger partial charge in [0, 0.05) is 32.0 Å². The number of benzene rings is 1. The Bertz CT molecular complexity index is 705. The number of amides is 1. The van der Waals surface area contributed by atoms with Gasteiger partial charge in [-0.15, -0.1) is 0 Å². The van der Waals surface area contributed by atoms with Crippen LogP contribution in [0, 0.1) is 5.82 Å². The molecule has 0 N–H and O–H groups in total. The van der Waals surface area contributed by atoms with Crippen LogP contribution in [-0.2, 0) is 17.8 Å². The third kappa shape index (κ3) is 4.13. The predicted octanol–water partition coefficient (Wildman–Crippen LogP) is 3.37. The minimum Gasteiger partial charge on any atom is -0.383 e. The van der Waals surface area contributed by atoms with Crippen molar-refractivity contribution in [1.82, 2.24) is 14.7 Å². The average molecular weight is 354 g/mol. The maximum absolute atomic E-state index is 14.0. The summed E-state index contributed by atoms with van der Waals surface area (Å²) in [6, 6.07) is 6.12. The average Bonchev–Trinajstić information content (AvgIpc) is 2.94. The van der Waals surface area contributed by atoms with Crippen LogP contribution in [0.2, 0.25) is 5.02 Å². The lowest BCUT2D eigenvalue weighted by molar-refractivity contribution is 0.0533. The van der Waals surface area contributed by atoms with Crippen molar-refractivity contribution in [1.29, 1.82) is 0 Å². The zero-order valence-corrected chi connectivity index (χ0v) is 14.8. The van der Waals surface area contributed by atoms with Crippen molar-refractivity contribution < 1.29 is 13.9 Å². The number of methoxy groups -OCH3 is 1. The van der Waals surface area contributed by atoms with Crippen LogP contribution < -0.4 is 0 Å². The van der Waals surface area contributed by atoms with Crippen molar-refractivity contribution in [2.24, 2.45) is 0 Å². The van der Waals surface area contributed by atoms with Gasteiger partial charge in [-0.3, -0.25) is 9.48 Å². The van der Waals surface area contributed by atoms with Gasteiger partial charge in [0.15, 0.2) is 5.69 Å². The van der Waals surface area contributed by atoms with E-state index < -0.39 is 0 Å². The van der Waals surface area contributed by atoms with Crippen LogP contribution in [-0.4, -0.2) is 40.3 Å². The Morgan fingerprint density at radius 3 is 2.75 bits per heavy atom. The quantitative estimate of drug-likeness (QED) is 0.766. The molecule has 7 heteroatoms. The lowest BCUT2D eigenvalue weighted by Crippen LogP contribution is -2.41. The fourth-order valence-corrected chi connectivity index (χ4v) is 2.64. The molecule has 0 radical (unpaired) electrons. The van der Waals surface area contributed by atoms with Crippen LogP contribution >= 0.6 is 11.6 Å². The number of halogens is 2. The van der Waals surface area contributed by atoms with E-state index in [-0.39, 0.29) is 35.0 Å². The van der Waals surface area contributed by atoms with Gasteiger partial charge in [0.2, 0.25) is 0 Å². The van der Waals surface area contributed by atoms with Crippen molar-refractivity contribution in [3.8, 4) is 0 Å². The molecule has 1 atom stereocenters. The summed E-state index contributed by atoms with van der Waals surface area (Å²) in [7, 11) is 1.56. The number of hydrogen-bond donors (Lipinski definition) is 0. The van der Waals surface area contributed by atoms with E-state index in [1.165, 1.54) is 11.0 Å².